The summed E-state index contributed by atoms with van der Waals surface area (Å²) in [5.74, 6) is -2.29. The molecule has 1 heterocycles. The molecule has 1 aromatic carbocycles. The fourth-order valence-corrected chi connectivity index (χ4v) is 2.77. The number of amides is 2. The molecule has 0 aromatic heterocycles. The van der Waals surface area contributed by atoms with E-state index in [2.05, 4.69) is 10.3 Å². The number of alkyl halides is 3. The van der Waals surface area contributed by atoms with Crippen molar-refractivity contribution in [3.8, 4) is 0 Å². The first-order valence-corrected chi connectivity index (χ1v) is 6.72. The maximum atomic E-state index is 13.0. The van der Waals surface area contributed by atoms with Gasteiger partial charge in [0, 0.05) is 10.6 Å². The molecule has 0 saturated carbocycles. The molecule has 0 spiro atoms. The van der Waals surface area contributed by atoms with E-state index in [1.54, 1.807) is 0 Å². The maximum Gasteiger partial charge on any atom is 0.391 e. The number of carbonyl (C=O) groups is 2. The Kier molecular flexibility index (Phi) is 4.25. The first-order chi connectivity index (χ1) is 10.5. The highest BCUT2D eigenvalue weighted by Gasteiger charge is 2.51. The van der Waals surface area contributed by atoms with Crippen molar-refractivity contribution in [3.63, 3.8) is 0 Å². The number of halogens is 4. The number of guanidine groups is 1. The van der Waals surface area contributed by atoms with Gasteiger partial charge in [0.15, 0.2) is 5.96 Å². The van der Waals surface area contributed by atoms with E-state index in [9.17, 15) is 22.8 Å². The third-order valence-corrected chi connectivity index (χ3v) is 3.54. The van der Waals surface area contributed by atoms with Gasteiger partial charge in [0.1, 0.15) is 0 Å². The summed E-state index contributed by atoms with van der Waals surface area (Å²) in [7, 11) is 0. The van der Waals surface area contributed by atoms with Gasteiger partial charge in [-0.05, 0) is 17.7 Å². The molecular weight excluding hydrogens is 337 g/mol. The van der Waals surface area contributed by atoms with E-state index in [1.807, 2.05) is 0 Å². The van der Waals surface area contributed by atoms with Gasteiger partial charge >= 0.3 is 6.18 Å². The van der Waals surface area contributed by atoms with Crippen LogP contribution in [0.5, 0.6) is 0 Å². The second-order valence-corrected chi connectivity index (χ2v) is 5.56. The minimum Gasteiger partial charge on any atom is -0.370 e. The van der Waals surface area contributed by atoms with Crippen molar-refractivity contribution in [1.82, 2.24) is 5.32 Å². The molecule has 0 fully saturated rings. The van der Waals surface area contributed by atoms with Crippen molar-refractivity contribution in [3.05, 3.63) is 34.3 Å². The molecule has 6 nitrogen and oxygen atoms in total. The van der Waals surface area contributed by atoms with Gasteiger partial charge in [-0.25, -0.2) is 0 Å². The summed E-state index contributed by atoms with van der Waals surface area (Å²) in [5.41, 5.74) is 8.17. The summed E-state index contributed by atoms with van der Waals surface area (Å²) in [6.07, 6.45) is -6.80. The van der Waals surface area contributed by atoms with E-state index >= 15 is 0 Å². The van der Waals surface area contributed by atoms with Crippen molar-refractivity contribution >= 4 is 29.4 Å². The molecule has 1 aliphatic rings. The molecule has 1 aromatic rings. The largest absolute Gasteiger partial charge is 0.391 e. The lowest BCUT2D eigenvalue weighted by Crippen LogP contribution is -2.44. The zero-order chi connectivity index (χ0) is 17.4. The van der Waals surface area contributed by atoms with Gasteiger partial charge in [0.2, 0.25) is 0 Å². The van der Waals surface area contributed by atoms with Gasteiger partial charge in [-0.15, -0.1) is 0 Å². The first-order valence-electron chi connectivity index (χ1n) is 6.34. The molecule has 10 heteroatoms. The number of fused-ring (bicyclic) bond motifs is 1. The summed E-state index contributed by atoms with van der Waals surface area (Å²) in [4.78, 5) is 27.0. The number of hydrogen-bond acceptors (Lipinski definition) is 2. The molecule has 5 N–H and O–H groups in total. The molecule has 1 unspecified atom stereocenters. The average Bonchev–Trinajstić information content (AvgIpc) is 2.58. The van der Waals surface area contributed by atoms with Crippen LogP contribution in [-0.2, 0) is 10.3 Å². The van der Waals surface area contributed by atoms with Crippen LogP contribution in [0.25, 0.3) is 0 Å². The Morgan fingerprint density at radius 2 is 2.00 bits per heavy atom. The van der Waals surface area contributed by atoms with Gasteiger partial charge < -0.3 is 16.8 Å². The first kappa shape index (κ1) is 17.1. The smallest absolute Gasteiger partial charge is 0.370 e. The van der Waals surface area contributed by atoms with E-state index in [1.165, 1.54) is 18.2 Å². The quantitative estimate of drug-likeness (QED) is 0.566. The topological polar surface area (TPSA) is 111 Å². The Morgan fingerprint density at radius 3 is 2.57 bits per heavy atom. The average molecular weight is 349 g/mol. The summed E-state index contributed by atoms with van der Waals surface area (Å²) in [5, 5.41) is 2.42. The van der Waals surface area contributed by atoms with E-state index in [0.717, 1.165) is 0 Å². The number of nitrogens with two attached hydrogens (primary N) is 2. The van der Waals surface area contributed by atoms with Crippen molar-refractivity contribution in [1.29, 1.82) is 0 Å². The molecule has 0 radical (unpaired) electrons. The van der Waals surface area contributed by atoms with Crippen molar-refractivity contribution < 1.29 is 22.8 Å². The second kappa shape index (κ2) is 5.73. The molecule has 23 heavy (non-hydrogen) atoms. The Morgan fingerprint density at radius 1 is 1.35 bits per heavy atom. The van der Waals surface area contributed by atoms with Gasteiger partial charge in [0.25, 0.3) is 11.8 Å². The van der Waals surface area contributed by atoms with Crippen LogP contribution in [0.3, 0.4) is 0 Å². The SMILES string of the molecule is NC(N)=NC(=O)CC1(CC(F)(F)F)NC(=O)c2cc(Cl)ccc21. The summed E-state index contributed by atoms with van der Waals surface area (Å²) in [6, 6.07) is 3.87. The monoisotopic (exact) mass is 348 g/mol. The fourth-order valence-electron chi connectivity index (χ4n) is 2.60. The fraction of sp³-hybridized carbons (Fsp3) is 0.308. The third kappa shape index (κ3) is 3.73. The third-order valence-electron chi connectivity index (χ3n) is 3.30. The van der Waals surface area contributed by atoms with Crippen LogP contribution >= 0.6 is 11.6 Å². The van der Waals surface area contributed by atoms with Crippen LogP contribution in [-0.4, -0.2) is 24.0 Å². The highest BCUT2D eigenvalue weighted by molar-refractivity contribution is 6.31. The number of nitrogens with zero attached hydrogens (tertiary/aromatic N) is 1. The normalized spacial score (nSPS) is 19.9. The van der Waals surface area contributed by atoms with Crippen molar-refractivity contribution in [2.24, 2.45) is 16.5 Å². The van der Waals surface area contributed by atoms with Crippen LogP contribution in [0.2, 0.25) is 5.02 Å². The lowest BCUT2D eigenvalue weighted by Gasteiger charge is -2.30. The molecule has 1 atom stereocenters. The van der Waals surface area contributed by atoms with Crippen LogP contribution in [0.15, 0.2) is 23.2 Å². The Balaban J connectivity index is 2.51. The Hall–Kier alpha value is -2.29. The zero-order valence-electron chi connectivity index (χ0n) is 11.6. The van der Waals surface area contributed by atoms with Crippen LogP contribution in [0.4, 0.5) is 13.2 Å². The van der Waals surface area contributed by atoms with Crippen LogP contribution in [0, 0.1) is 0 Å². The lowest BCUT2D eigenvalue weighted by molar-refractivity contribution is -0.152. The van der Waals surface area contributed by atoms with E-state index < -0.39 is 42.3 Å². The van der Waals surface area contributed by atoms with E-state index in [-0.39, 0.29) is 16.1 Å². The molecular formula is C13H12ClF3N4O2. The standard InChI is InChI=1S/C13H12ClF3N4O2/c14-6-1-2-8-7(3-6)10(23)21-12(8,5-13(15,16)17)4-9(22)20-11(18)19/h1-3H,4-5H2,(H,21,23)(H4,18,19,20,22). The van der Waals surface area contributed by atoms with Gasteiger partial charge in [0.05, 0.1) is 18.4 Å². The number of carbonyl (C=O) groups excluding carboxylic acids is 2. The highest BCUT2D eigenvalue weighted by Crippen LogP contribution is 2.43. The number of benzene rings is 1. The van der Waals surface area contributed by atoms with Crippen molar-refractivity contribution in [2.75, 3.05) is 0 Å². The number of nitrogens with one attached hydrogen (secondary N) is 1. The molecule has 124 valence electrons. The molecule has 1 aliphatic heterocycles. The van der Waals surface area contributed by atoms with Gasteiger partial charge in [-0.3, -0.25) is 9.59 Å². The van der Waals surface area contributed by atoms with E-state index in [0.29, 0.717) is 0 Å². The van der Waals surface area contributed by atoms with Crippen LogP contribution in [0.1, 0.15) is 28.8 Å². The minimum absolute atomic E-state index is 0.0146. The molecule has 2 amide bonds. The zero-order valence-corrected chi connectivity index (χ0v) is 12.3. The summed E-state index contributed by atoms with van der Waals surface area (Å²) >= 11 is 5.77. The minimum atomic E-state index is -4.63. The number of hydrogen-bond donors (Lipinski definition) is 3. The predicted molar refractivity (Wildman–Crippen MR) is 76.7 cm³/mol. The predicted octanol–water partition coefficient (Wildman–Crippen LogP) is 1.42. The molecule has 0 saturated heterocycles. The highest BCUT2D eigenvalue weighted by atomic mass is 35.5. The van der Waals surface area contributed by atoms with Crippen molar-refractivity contribution in [2.45, 2.75) is 24.6 Å². The molecule has 0 aliphatic carbocycles. The summed E-state index contributed by atoms with van der Waals surface area (Å²) < 4.78 is 39.0. The molecule has 2 rings (SSSR count). The molecule has 0 bridgehead atoms. The van der Waals surface area contributed by atoms with Gasteiger partial charge in [-0.1, -0.05) is 17.7 Å². The lowest BCUT2D eigenvalue weighted by atomic mass is 9.84. The van der Waals surface area contributed by atoms with Crippen LogP contribution < -0.4 is 16.8 Å². The van der Waals surface area contributed by atoms with Gasteiger partial charge in [-0.2, -0.15) is 18.2 Å². The maximum absolute atomic E-state index is 13.0. The number of aliphatic imine (C=N–C) groups is 1. The Labute approximate surface area is 133 Å². The Bertz CT molecular complexity index is 701. The van der Waals surface area contributed by atoms with E-state index in [4.69, 9.17) is 23.1 Å². The summed E-state index contributed by atoms with van der Waals surface area (Å²) in [6.45, 7) is 0. The second-order valence-electron chi connectivity index (χ2n) is 5.13. The number of rotatable bonds is 3.